The van der Waals surface area contributed by atoms with Crippen molar-refractivity contribution in [2.75, 3.05) is 31.6 Å². The molecule has 1 atom stereocenters. The van der Waals surface area contributed by atoms with Gasteiger partial charge in [-0.3, -0.25) is 9.59 Å². The van der Waals surface area contributed by atoms with Crippen molar-refractivity contribution in [3.05, 3.63) is 71.8 Å². The van der Waals surface area contributed by atoms with Crippen LogP contribution in [0.25, 0.3) is 10.4 Å². The van der Waals surface area contributed by atoms with Crippen LogP contribution in [0.3, 0.4) is 0 Å². The van der Waals surface area contributed by atoms with Crippen molar-refractivity contribution < 1.29 is 19.1 Å². The third kappa shape index (κ3) is 4.84. The quantitative estimate of drug-likeness (QED) is 0.596. The van der Waals surface area contributed by atoms with E-state index in [0.717, 1.165) is 16.0 Å². The Balaban J connectivity index is 1.63. The lowest BCUT2D eigenvalue weighted by Gasteiger charge is -2.27. The number of hydrogen-bond acceptors (Lipinski definition) is 5. The lowest BCUT2D eigenvalue weighted by Crippen LogP contribution is -2.41. The molecule has 1 saturated heterocycles. The molecule has 1 fully saturated rings. The molecule has 4 rings (SSSR count). The average Bonchev–Trinajstić information content (AvgIpc) is 3.15. The smallest absolute Gasteiger partial charge is 0.265 e. The first kappa shape index (κ1) is 22.0. The van der Waals surface area contributed by atoms with Gasteiger partial charge in [-0.25, -0.2) is 0 Å². The molecule has 0 aliphatic carbocycles. The first-order valence-corrected chi connectivity index (χ1v) is 11.4. The number of carbonyl (C=O) groups is 2. The number of rotatable bonds is 6. The highest BCUT2D eigenvalue weighted by molar-refractivity contribution is 7.20. The van der Waals surface area contributed by atoms with Crippen LogP contribution in [0.2, 0.25) is 0 Å². The fourth-order valence-electron chi connectivity index (χ4n) is 3.62. The van der Waals surface area contributed by atoms with Crippen LogP contribution in [-0.2, 0) is 9.53 Å². The Hall–Kier alpha value is -3.16. The highest BCUT2D eigenvalue weighted by Gasteiger charge is 2.29. The van der Waals surface area contributed by atoms with Crippen LogP contribution in [0.1, 0.15) is 22.8 Å². The van der Waals surface area contributed by atoms with E-state index in [1.54, 1.807) is 24.0 Å². The molecule has 0 radical (unpaired) electrons. The van der Waals surface area contributed by atoms with E-state index >= 15 is 0 Å². The normalized spacial score (nSPS) is 14.6. The number of nitrogens with one attached hydrogen (secondary N) is 1. The summed E-state index contributed by atoms with van der Waals surface area (Å²) in [6, 6.07) is 19.1. The van der Waals surface area contributed by atoms with E-state index in [-0.39, 0.29) is 11.8 Å². The van der Waals surface area contributed by atoms with Gasteiger partial charge < -0.3 is 19.7 Å². The molecule has 3 aromatic rings. The fraction of sp³-hybridized carbons (Fsp3) is 0.280. The molecule has 2 amide bonds. The zero-order valence-corrected chi connectivity index (χ0v) is 19.0. The Labute approximate surface area is 191 Å². The first-order valence-electron chi connectivity index (χ1n) is 10.6. The van der Waals surface area contributed by atoms with Crippen LogP contribution in [0, 0.1) is 6.92 Å². The number of hydrogen-bond donors (Lipinski definition) is 1. The number of thiophene rings is 1. The van der Waals surface area contributed by atoms with Crippen LogP contribution in [0.5, 0.6) is 5.75 Å². The monoisotopic (exact) mass is 450 g/mol. The third-order valence-corrected chi connectivity index (χ3v) is 6.61. The molecule has 1 N–H and O–H groups in total. The molecule has 32 heavy (non-hydrogen) atoms. The van der Waals surface area contributed by atoms with Crippen molar-refractivity contribution in [1.29, 1.82) is 0 Å². The minimum Gasteiger partial charge on any atom is -0.481 e. The molecule has 7 heteroatoms. The predicted molar refractivity (Wildman–Crippen MR) is 126 cm³/mol. The summed E-state index contributed by atoms with van der Waals surface area (Å²) < 4.78 is 11.2. The van der Waals surface area contributed by atoms with Gasteiger partial charge in [0.05, 0.1) is 18.8 Å². The SMILES string of the molecule is Cc1c(-c2ccccc2)sc(NC(=O)C(C)Oc2ccccc2)c1C(=O)N1CCOCC1. The Bertz CT molecular complexity index is 1080. The highest BCUT2D eigenvalue weighted by Crippen LogP contribution is 2.40. The van der Waals surface area contributed by atoms with E-state index in [2.05, 4.69) is 5.32 Å². The summed E-state index contributed by atoms with van der Waals surface area (Å²) in [5.74, 6) is 0.231. The second kappa shape index (κ2) is 9.97. The van der Waals surface area contributed by atoms with Crippen molar-refractivity contribution >= 4 is 28.2 Å². The number of benzene rings is 2. The Kier molecular flexibility index (Phi) is 6.87. The average molecular weight is 451 g/mol. The summed E-state index contributed by atoms with van der Waals surface area (Å²) in [7, 11) is 0. The molecule has 1 unspecified atom stereocenters. The van der Waals surface area contributed by atoms with E-state index in [1.807, 2.05) is 55.5 Å². The van der Waals surface area contributed by atoms with Gasteiger partial charge in [0.2, 0.25) is 0 Å². The zero-order chi connectivity index (χ0) is 22.5. The number of nitrogens with zero attached hydrogens (tertiary/aromatic N) is 1. The number of para-hydroxylation sites is 1. The van der Waals surface area contributed by atoms with Gasteiger partial charge in [-0.15, -0.1) is 11.3 Å². The van der Waals surface area contributed by atoms with Gasteiger partial charge in [-0.05, 0) is 37.1 Å². The number of carbonyl (C=O) groups excluding carboxylic acids is 2. The van der Waals surface area contributed by atoms with Gasteiger partial charge in [-0.2, -0.15) is 0 Å². The summed E-state index contributed by atoms with van der Waals surface area (Å²) >= 11 is 1.42. The zero-order valence-electron chi connectivity index (χ0n) is 18.2. The summed E-state index contributed by atoms with van der Waals surface area (Å²) in [5, 5.41) is 3.50. The van der Waals surface area contributed by atoms with Gasteiger partial charge in [0.1, 0.15) is 10.8 Å². The van der Waals surface area contributed by atoms with Crippen molar-refractivity contribution in [3.63, 3.8) is 0 Å². The second-order valence-corrected chi connectivity index (χ2v) is 8.61. The van der Waals surface area contributed by atoms with Crippen LogP contribution in [0.4, 0.5) is 5.00 Å². The number of amides is 2. The van der Waals surface area contributed by atoms with E-state index in [4.69, 9.17) is 9.47 Å². The standard InChI is InChI=1S/C25H26N2O4S/c1-17-21(25(29)27-13-15-30-16-14-27)24(32-22(17)19-9-5-3-6-10-19)26-23(28)18(2)31-20-11-7-4-8-12-20/h3-12,18H,13-16H2,1-2H3,(H,26,28). The van der Waals surface area contributed by atoms with E-state index < -0.39 is 6.10 Å². The lowest BCUT2D eigenvalue weighted by molar-refractivity contribution is -0.122. The molecular formula is C25H26N2O4S. The Morgan fingerprint density at radius 3 is 2.31 bits per heavy atom. The van der Waals surface area contributed by atoms with Crippen molar-refractivity contribution in [2.24, 2.45) is 0 Å². The summed E-state index contributed by atoms with van der Waals surface area (Å²) in [6.07, 6.45) is -0.716. The molecule has 166 valence electrons. The van der Waals surface area contributed by atoms with Gasteiger partial charge in [0, 0.05) is 18.0 Å². The largest absolute Gasteiger partial charge is 0.481 e. The molecule has 6 nitrogen and oxygen atoms in total. The molecule has 2 heterocycles. The maximum absolute atomic E-state index is 13.4. The Morgan fingerprint density at radius 2 is 1.66 bits per heavy atom. The molecule has 2 aromatic carbocycles. The van der Waals surface area contributed by atoms with Gasteiger partial charge >= 0.3 is 0 Å². The molecule has 1 aromatic heterocycles. The van der Waals surface area contributed by atoms with E-state index in [0.29, 0.717) is 42.6 Å². The number of morpholine rings is 1. The number of anilines is 1. The molecule has 1 aliphatic heterocycles. The minimum atomic E-state index is -0.716. The number of ether oxygens (including phenoxy) is 2. The van der Waals surface area contributed by atoms with Crippen molar-refractivity contribution in [2.45, 2.75) is 20.0 Å². The lowest BCUT2D eigenvalue weighted by atomic mass is 10.1. The summed E-state index contributed by atoms with van der Waals surface area (Å²) in [6.45, 7) is 5.75. The van der Waals surface area contributed by atoms with Crippen LogP contribution in [-0.4, -0.2) is 49.1 Å². The molecule has 0 saturated carbocycles. The molecule has 0 bridgehead atoms. The fourth-order valence-corrected chi connectivity index (χ4v) is 4.83. The van der Waals surface area contributed by atoms with Crippen LogP contribution < -0.4 is 10.1 Å². The predicted octanol–water partition coefficient (Wildman–Crippen LogP) is 4.60. The van der Waals surface area contributed by atoms with E-state index in [9.17, 15) is 9.59 Å². The van der Waals surface area contributed by atoms with Crippen molar-refractivity contribution in [1.82, 2.24) is 4.90 Å². The molecule has 1 aliphatic rings. The summed E-state index contributed by atoms with van der Waals surface area (Å²) in [4.78, 5) is 29.1. The topological polar surface area (TPSA) is 67.9 Å². The van der Waals surface area contributed by atoms with Gasteiger partial charge in [-0.1, -0.05) is 48.5 Å². The first-order chi connectivity index (χ1) is 15.5. The van der Waals surface area contributed by atoms with Crippen LogP contribution >= 0.6 is 11.3 Å². The molecular weight excluding hydrogens is 424 g/mol. The van der Waals surface area contributed by atoms with Gasteiger partial charge in [0.25, 0.3) is 11.8 Å². The van der Waals surface area contributed by atoms with Crippen LogP contribution in [0.15, 0.2) is 60.7 Å². The second-order valence-electron chi connectivity index (χ2n) is 7.59. The highest BCUT2D eigenvalue weighted by atomic mass is 32.1. The van der Waals surface area contributed by atoms with Gasteiger partial charge in [0.15, 0.2) is 6.10 Å². The van der Waals surface area contributed by atoms with E-state index in [1.165, 1.54) is 11.3 Å². The maximum atomic E-state index is 13.4. The Morgan fingerprint density at radius 1 is 1.03 bits per heavy atom. The summed E-state index contributed by atoms with van der Waals surface area (Å²) in [5.41, 5.74) is 2.42. The maximum Gasteiger partial charge on any atom is 0.265 e. The van der Waals surface area contributed by atoms with Crippen molar-refractivity contribution in [3.8, 4) is 16.2 Å². The molecule has 0 spiro atoms. The minimum absolute atomic E-state index is 0.0869. The third-order valence-electron chi connectivity index (χ3n) is 5.36.